The predicted molar refractivity (Wildman–Crippen MR) is 96.3 cm³/mol. The molecular formula is C18H17N3O2S. The minimum Gasteiger partial charge on any atom is -0.431 e. The number of para-hydroxylation sites is 2. The van der Waals surface area contributed by atoms with E-state index < -0.39 is 0 Å². The molecule has 1 aromatic heterocycles. The first kappa shape index (κ1) is 16.3. The van der Waals surface area contributed by atoms with Crippen LogP contribution in [-0.4, -0.2) is 22.9 Å². The molecule has 3 rings (SSSR count). The molecule has 1 heterocycles. The minimum absolute atomic E-state index is 0.193. The van der Waals surface area contributed by atoms with Crippen molar-refractivity contribution < 1.29 is 9.21 Å². The first-order chi connectivity index (χ1) is 11.7. The van der Waals surface area contributed by atoms with Crippen LogP contribution in [0.4, 0.5) is 0 Å². The highest BCUT2D eigenvalue weighted by Gasteiger charge is 2.08. The number of carbonyl (C=O) groups is 1. The number of aryl methyl sites for hydroxylation is 1. The van der Waals surface area contributed by atoms with Gasteiger partial charge < -0.3 is 4.42 Å². The zero-order valence-corrected chi connectivity index (χ0v) is 14.0. The molecule has 0 radical (unpaired) electrons. The Kier molecular flexibility index (Phi) is 5.28. The number of amides is 1. The van der Waals surface area contributed by atoms with Gasteiger partial charge >= 0.3 is 0 Å². The molecule has 0 bridgehead atoms. The van der Waals surface area contributed by atoms with E-state index in [0.717, 1.165) is 17.5 Å². The highest BCUT2D eigenvalue weighted by atomic mass is 32.2. The van der Waals surface area contributed by atoms with Crippen LogP contribution in [0.25, 0.3) is 11.1 Å². The van der Waals surface area contributed by atoms with Gasteiger partial charge in [-0.1, -0.05) is 55.1 Å². The number of hydrogen-bond donors (Lipinski definition) is 1. The van der Waals surface area contributed by atoms with Gasteiger partial charge in [-0.3, -0.25) is 4.79 Å². The molecule has 0 fully saturated rings. The van der Waals surface area contributed by atoms with Gasteiger partial charge in [-0.2, -0.15) is 5.10 Å². The topological polar surface area (TPSA) is 67.5 Å². The Labute approximate surface area is 144 Å². The molecule has 0 aliphatic rings. The number of thioether (sulfide) groups is 1. The van der Waals surface area contributed by atoms with Gasteiger partial charge in [0.2, 0.25) is 0 Å². The molecule has 5 nitrogen and oxygen atoms in total. The van der Waals surface area contributed by atoms with Gasteiger partial charge in [0.05, 0.1) is 12.0 Å². The average molecular weight is 339 g/mol. The summed E-state index contributed by atoms with van der Waals surface area (Å²) in [7, 11) is 0. The molecule has 122 valence electrons. The molecule has 0 unspecified atom stereocenters. The van der Waals surface area contributed by atoms with Crippen LogP contribution < -0.4 is 5.43 Å². The number of fused-ring (bicyclic) bond motifs is 1. The maximum Gasteiger partial charge on any atom is 0.257 e. The van der Waals surface area contributed by atoms with Crippen LogP contribution in [0.15, 0.2) is 63.3 Å². The number of nitrogens with zero attached hydrogens (tertiary/aromatic N) is 2. The summed E-state index contributed by atoms with van der Waals surface area (Å²) in [5, 5.41) is 4.44. The van der Waals surface area contributed by atoms with Crippen molar-refractivity contribution >= 4 is 35.0 Å². The van der Waals surface area contributed by atoms with Crippen LogP contribution in [0.3, 0.4) is 0 Å². The molecule has 3 aromatic rings. The number of nitrogens with one attached hydrogen (secondary N) is 1. The van der Waals surface area contributed by atoms with Gasteiger partial charge in [-0.15, -0.1) is 0 Å². The lowest BCUT2D eigenvalue weighted by Gasteiger charge is -1.98. The van der Waals surface area contributed by atoms with Crippen molar-refractivity contribution in [1.29, 1.82) is 0 Å². The van der Waals surface area contributed by atoms with Crippen LogP contribution in [0, 0.1) is 0 Å². The second-order valence-electron chi connectivity index (χ2n) is 5.12. The van der Waals surface area contributed by atoms with Gasteiger partial charge in [0.1, 0.15) is 5.52 Å². The van der Waals surface area contributed by atoms with Gasteiger partial charge in [0.25, 0.3) is 11.1 Å². The van der Waals surface area contributed by atoms with Crippen LogP contribution in [0.1, 0.15) is 18.1 Å². The molecular weight excluding hydrogens is 322 g/mol. The summed E-state index contributed by atoms with van der Waals surface area (Å²) < 4.78 is 5.55. The Balaban J connectivity index is 1.49. The van der Waals surface area contributed by atoms with Gasteiger partial charge in [0, 0.05) is 0 Å². The number of hydrazone groups is 1. The smallest absolute Gasteiger partial charge is 0.257 e. The van der Waals surface area contributed by atoms with E-state index >= 15 is 0 Å². The zero-order valence-electron chi connectivity index (χ0n) is 13.2. The first-order valence-electron chi connectivity index (χ1n) is 7.64. The third-order valence-corrected chi connectivity index (χ3v) is 4.22. The van der Waals surface area contributed by atoms with E-state index in [1.54, 1.807) is 6.21 Å². The van der Waals surface area contributed by atoms with E-state index in [-0.39, 0.29) is 11.7 Å². The SMILES string of the molecule is CCc1ccc(/C=N/NC(=O)CSc2nc3ccccc3o2)cc1. The Morgan fingerprint density at radius 2 is 2.04 bits per heavy atom. The van der Waals surface area contributed by atoms with Crippen molar-refractivity contribution in [2.45, 2.75) is 18.6 Å². The van der Waals surface area contributed by atoms with Crippen LogP contribution >= 0.6 is 11.8 Å². The van der Waals surface area contributed by atoms with Crippen molar-refractivity contribution in [1.82, 2.24) is 10.4 Å². The lowest BCUT2D eigenvalue weighted by Crippen LogP contribution is -2.19. The van der Waals surface area contributed by atoms with E-state index in [2.05, 4.69) is 22.4 Å². The number of benzene rings is 2. The van der Waals surface area contributed by atoms with Gasteiger partial charge in [0.15, 0.2) is 5.58 Å². The van der Waals surface area contributed by atoms with Gasteiger partial charge in [-0.25, -0.2) is 10.4 Å². The molecule has 1 amide bonds. The third-order valence-electron chi connectivity index (χ3n) is 3.39. The molecule has 0 aliphatic carbocycles. The second kappa shape index (κ2) is 7.79. The Hall–Kier alpha value is -2.60. The average Bonchev–Trinajstić information content (AvgIpc) is 3.03. The van der Waals surface area contributed by atoms with Crippen molar-refractivity contribution in [3.8, 4) is 0 Å². The zero-order chi connectivity index (χ0) is 16.8. The summed E-state index contributed by atoms with van der Waals surface area (Å²) in [6, 6.07) is 15.5. The van der Waals surface area contributed by atoms with Crippen molar-refractivity contribution in [3.05, 3.63) is 59.7 Å². The number of hydrogen-bond acceptors (Lipinski definition) is 5. The number of oxazole rings is 1. The summed E-state index contributed by atoms with van der Waals surface area (Å²) in [4.78, 5) is 16.1. The third kappa shape index (κ3) is 4.23. The van der Waals surface area contributed by atoms with E-state index in [1.165, 1.54) is 17.3 Å². The quantitative estimate of drug-likeness (QED) is 0.423. The number of carbonyl (C=O) groups excluding carboxylic acids is 1. The summed E-state index contributed by atoms with van der Waals surface area (Å²) in [5.74, 6) is -0.0115. The fourth-order valence-corrected chi connectivity index (χ4v) is 2.72. The monoisotopic (exact) mass is 339 g/mol. The van der Waals surface area contributed by atoms with Crippen molar-refractivity contribution in [2.24, 2.45) is 5.10 Å². The largest absolute Gasteiger partial charge is 0.431 e. The van der Waals surface area contributed by atoms with E-state index in [9.17, 15) is 4.79 Å². The first-order valence-corrected chi connectivity index (χ1v) is 8.62. The fraction of sp³-hybridized carbons (Fsp3) is 0.167. The lowest BCUT2D eigenvalue weighted by molar-refractivity contribution is -0.118. The molecule has 24 heavy (non-hydrogen) atoms. The normalized spacial score (nSPS) is 11.2. The second-order valence-corrected chi connectivity index (χ2v) is 6.05. The molecule has 2 aromatic carbocycles. The molecule has 0 saturated heterocycles. The van der Waals surface area contributed by atoms with Crippen molar-refractivity contribution in [2.75, 3.05) is 5.75 Å². The maximum absolute atomic E-state index is 11.8. The van der Waals surface area contributed by atoms with Crippen LogP contribution in [-0.2, 0) is 11.2 Å². The van der Waals surface area contributed by atoms with Crippen LogP contribution in [0.2, 0.25) is 0 Å². The van der Waals surface area contributed by atoms with E-state index in [4.69, 9.17) is 4.42 Å². The van der Waals surface area contributed by atoms with Crippen LogP contribution in [0.5, 0.6) is 0 Å². The van der Waals surface area contributed by atoms with Crippen molar-refractivity contribution in [3.63, 3.8) is 0 Å². The highest BCUT2D eigenvalue weighted by molar-refractivity contribution is 7.99. The molecule has 1 N–H and O–H groups in total. The standard InChI is InChI=1S/C18H17N3O2S/c1-2-13-7-9-14(10-8-13)11-19-21-17(22)12-24-18-20-15-5-3-4-6-16(15)23-18/h3-11H,2,12H2,1H3,(H,21,22)/b19-11+. The fourth-order valence-electron chi connectivity index (χ4n) is 2.09. The van der Waals surface area contributed by atoms with E-state index in [0.29, 0.717) is 10.8 Å². The summed E-state index contributed by atoms with van der Waals surface area (Å²) in [6.07, 6.45) is 2.63. The lowest BCUT2D eigenvalue weighted by atomic mass is 10.1. The molecule has 0 spiro atoms. The Morgan fingerprint density at radius 3 is 2.79 bits per heavy atom. The minimum atomic E-state index is -0.205. The molecule has 6 heteroatoms. The Morgan fingerprint density at radius 1 is 1.25 bits per heavy atom. The molecule has 0 atom stereocenters. The summed E-state index contributed by atoms with van der Waals surface area (Å²) in [5.41, 5.74) is 6.22. The number of rotatable bonds is 6. The predicted octanol–water partition coefficient (Wildman–Crippen LogP) is 3.63. The highest BCUT2D eigenvalue weighted by Crippen LogP contribution is 2.22. The molecule has 0 saturated carbocycles. The Bertz CT molecular complexity index is 823. The summed E-state index contributed by atoms with van der Waals surface area (Å²) >= 11 is 1.24. The summed E-state index contributed by atoms with van der Waals surface area (Å²) in [6.45, 7) is 2.11. The van der Waals surface area contributed by atoms with Gasteiger partial charge in [-0.05, 0) is 29.7 Å². The number of aromatic nitrogens is 1. The van der Waals surface area contributed by atoms with E-state index in [1.807, 2.05) is 48.5 Å². The molecule has 0 aliphatic heterocycles. The maximum atomic E-state index is 11.8.